The third-order valence-electron chi connectivity index (χ3n) is 3.64. The molecule has 1 aromatic rings. The van der Waals surface area contributed by atoms with Crippen molar-refractivity contribution in [2.75, 3.05) is 0 Å². The number of allylic oxidation sites excluding steroid dienone is 4. The molecule has 0 heterocycles. The van der Waals surface area contributed by atoms with Crippen LogP contribution in [0.25, 0.3) is 0 Å². The maximum Gasteiger partial charge on any atom is 0.282 e. The second-order valence-corrected chi connectivity index (χ2v) is 7.75. The summed E-state index contributed by atoms with van der Waals surface area (Å²) >= 11 is 0. The summed E-state index contributed by atoms with van der Waals surface area (Å²) in [5.74, 6) is -0.00443. The van der Waals surface area contributed by atoms with E-state index in [-0.39, 0.29) is 22.5 Å². The minimum absolute atomic E-state index is 0.00887. The van der Waals surface area contributed by atoms with Crippen molar-refractivity contribution in [2.45, 2.75) is 32.6 Å². The van der Waals surface area contributed by atoms with Crippen molar-refractivity contribution in [2.24, 2.45) is 16.2 Å². The molecule has 1 aliphatic rings. The maximum absolute atomic E-state index is 12.4. The fourth-order valence-electron chi connectivity index (χ4n) is 2.35. The molecule has 0 atom stereocenters. The SMILES string of the molecule is CC(C)C1=CC(=NS(=O)(=O)c2ccccc2)C=C(C(C)C)C1=O. The van der Waals surface area contributed by atoms with E-state index >= 15 is 0 Å². The van der Waals surface area contributed by atoms with E-state index in [0.29, 0.717) is 16.9 Å². The monoisotopic (exact) mass is 331 g/mol. The van der Waals surface area contributed by atoms with Gasteiger partial charge in [-0.3, -0.25) is 4.79 Å². The molecule has 0 bridgehead atoms. The van der Waals surface area contributed by atoms with Crippen LogP contribution in [0.1, 0.15) is 27.7 Å². The second-order valence-electron chi connectivity index (χ2n) is 6.14. The smallest absolute Gasteiger partial charge is 0.282 e. The van der Waals surface area contributed by atoms with E-state index in [0.717, 1.165) is 0 Å². The maximum atomic E-state index is 12.4. The third kappa shape index (κ3) is 3.85. The average Bonchev–Trinajstić information content (AvgIpc) is 2.49. The molecule has 0 spiro atoms. The first-order valence-corrected chi connectivity index (χ1v) is 9.04. The number of benzene rings is 1. The van der Waals surface area contributed by atoms with Gasteiger partial charge in [0.15, 0.2) is 5.78 Å². The Morgan fingerprint density at radius 3 is 1.78 bits per heavy atom. The van der Waals surface area contributed by atoms with Crippen LogP contribution in [0, 0.1) is 11.8 Å². The fraction of sp³-hybridized carbons (Fsp3) is 0.333. The third-order valence-corrected chi connectivity index (χ3v) is 4.96. The first kappa shape index (κ1) is 17.3. The van der Waals surface area contributed by atoms with Gasteiger partial charge in [-0.15, -0.1) is 0 Å². The lowest BCUT2D eigenvalue weighted by molar-refractivity contribution is -0.113. The summed E-state index contributed by atoms with van der Waals surface area (Å²) in [4.78, 5) is 12.6. The highest BCUT2D eigenvalue weighted by molar-refractivity contribution is 7.90. The lowest BCUT2D eigenvalue weighted by Gasteiger charge is -2.19. The minimum atomic E-state index is -3.79. The molecule has 0 aliphatic heterocycles. The van der Waals surface area contributed by atoms with Gasteiger partial charge < -0.3 is 0 Å². The van der Waals surface area contributed by atoms with Crippen molar-refractivity contribution < 1.29 is 13.2 Å². The molecule has 122 valence electrons. The molecule has 4 nitrogen and oxygen atoms in total. The van der Waals surface area contributed by atoms with Crippen LogP contribution in [0.2, 0.25) is 0 Å². The Morgan fingerprint density at radius 2 is 1.35 bits per heavy atom. The Labute approximate surface area is 137 Å². The zero-order chi connectivity index (χ0) is 17.2. The predicted octanol–water partition coefficient (Wildman–Crippen LogP) is 3.56. The van der Waals surface area contributed by atoms with E-state index in [2.05, 4.69) is 4.40 Å². The number of ketones is 1. The van der Waals surface area contributed by atoms with Crippen LogP contribution in [-0.2, 0) is 14.8 Å². The van der Waals surface area contributed by atoms with Gasteiger partial charge in [0, 0.05) is 11.1 Å². The van der Waals surface area contributed by atoms with Crippen molar-refractivity contribution in [3.8, 4) is 0 Å². The van der Waals surface area contributed by atoms with Crippen LogP contribution >= 0.6 is 0 Å². The highest BCUT2D eigenvalue weighted by atomic mass is 32.2. The van der Waals surface area contributed by atoms with Crippen molar-refractivity contribution in [3.63, 3.8) is 0 Å². The Bertz CT molecular complexity index is 768. The molecule has 0 radical (unpaired) electrons. The number of hydrogen-bond donors (Lipinski definition) is 0. The van der Waals surface area contributed by atoms with Gasteiger partial charge >= 0.3 is 0 Å². The molecular formula is C18H21NO3S. The van der Waals surface area contributed by atoms with Gasteiger partial charge in [0.25, 0.3) is 10.0 Å². The van der Waals surface area contributed by atoms with Gasteiger partial charge in [-0.1, -0.05) is 45.9 Å². The zero-order valence-corrected chi connectivity index (χ0v) is 14.6. The fourth-order valence-corrected chi connectivity index (χ4v) is 3.34. The van der Waals surface area contributed by atoms with E-state index < -0.39 is 10.0 Å². The van der Waals surface area contributed by atoms with Gasteiger partial charge in [0.05, 0.1) is 10.6 Å². The van der Waals surface area contributed by atoms with Crippen LogP contribution in [0.4, 0.5) is 0 Å². The number of nitrogens with zero attached hydrogens (tertiary/aromatic N) is 1. The molecule has 5 heteroatoms. The van der Waals surface area contributed by atoms with E-state index in [9.17, 15) is 13.2 Å². The Balaban J connectivity index is 2.54. The molecule has 0 fully saturated rings. The van der Waals surface area contributed by atoms with E-state index in [1.165, 1.54) is 12.1 Å². The molecular weight excluding hydrogens is 310 g/mol. The number of Topliss-reactive ketones (excluding diaryl/α,β-unsaturated/α-hetero) is 1. The molecule has 0 N–H and O–H groups in total. The highest BCUT2D eigenvalue weighted by Crippen LogP contribution is 2.26. The summed E-state index contributed by atoms with van der Waals surface area (Å²) in [6.07, 6.45) is 3.17. The topological polar surface area (TPSA) is 63.6 Å². The average molecular weight is 331 g/mol. The van der Waals surface area contributed by atoms with Gasteiger partial charge in [-0.25, -0.2) is 0 Å². The van der Waals surface area contributed by atoms with Crippen molar-refractivity contribution >= 4 is 21.5 Å². The second kappa shape index (κ2) is 6.62. The van der Waals surface area contributed by atoms with Gasteiger partial charge in [0.2, 0.25) is 0 Å². The summed E-state index contributed by atoms with van der Waals surface area (Å²) in [5.41, 5.74) is 1.50. The Kier molecular flexibility index (Phi) is 5.00. The van der Waals surface area contributed by atoms with Crippen LogP contribution in [-0.4, -0.2) is 19.9 Å². The molecule has 0 amide bonds. The van der Waals surface area contributed by atoms with Crippen LogP contribution in [0.5, 0.6) is 0 Å². The number of rotatable bonds is 4. The minimum Gasteiger partial charge on any atom is -0.289 e. The standard InChI is InChI=1S/C18H21NO3S/c1-12(2)16-10-14(11-17(13(3)4)18(16)20)19-23(21,22)15-8-6-5-7-9-15/h5-13H,1-4H3. The van der Waals surface area contributed by atoms with Gasteiger partial charge in [-0.05, 0) is 36.1 Å². The number of carbonyl (C=O) groups is 1. The van der Waals surface area contributed by atoms with Crippen LogP contribution < -0.4 is 0 Å². The number of sulfonamides is 1. The molecule has 0 saturated heterocycles. The first-order chi connectivity index (χ1) is 10.7. The van der Waals surface area contributed by atoms with Crippen molar-refractivity contribution in [1.29, 1.82) is 0 Å². The van der Waals surface area contributed by atoms with E-state index in [4.69, 9.17) is 0 Å². The van der Waals surface area contributed by atoms with Gasteiger partial charge in [0.1, 0.15) is 0 Å². The Morgan fingerprint density at radius 1 is 0.870 bits per heavy atom. The van der Waals surface area contributed by atoms with E-state index in [1.54, 1.807) is 30.4 Å². The first-order valence-electron chi connectivity index (χ1n) is 7.60. The molecule has 1 aliphatic carbocycles. The molecule has 0 saturated carbocycles. The molecule has 23 heavy (non-hydrogen) atoms. The van der Waals surface area contributed by atoms with Crippen molar-refractivity contribution in [1.82, 2.24) is 0 Å². The summed E-state index contributed by atoms with van der Waals surface area (Å²) in [6.45, 7) is 7.65. The largest absolute Gasteiger partial charge is 0.289 e. The summed E-state index contributed by atoms with van der Waals surface area (Å²) < 4.78 is 28.7. The zero-order valence-electron chi connectivity index (χ0n) is 13.8. The number of carbonyl (C=O) groups excluding carboxylic acids is 1. The van der Waals surface area contributed by atoms with Crippen LogP contribution in [0.15, 0.2) is 62.9 Å². The Hall–Kier alpha value is -2.01. The molecule has 2 rings (SSSR count). The molecule has 1 aromatic carbocycles. The lowest BCUT2D eigenvalue weighted by atomic mass is 9.84. The lowest BCUT2D eigenvalue weighted by Crippen LogP contribution is -2.21. The molecule has 0 aromatic heterocycles. The highest BCUT2D eigenvalue weighted by Gasteiger charge is 2.25. The predicted molar refractivity (Wildman–Crippen MR) is 91.9 cm³/mol. The van der Waals surface area contributed by atoms with Crippen molar-refractivity contribution in [3.05, 3.63) is 53.6 Å². The normalized spacial score (nSPS) is 15.7. The summed E-state index contributed by atoms with van der Waals surface area (Å²) in [7, 11) is -3.79. The van der Waals surface area contributed by atoms with Gasteiger partial charge in [-0.2, -0.15) is 12.8 Å². The number of hydrogen-bond acceptors (Lipinski definition) is 3. The quantitative estimate of drug-likeness (QED) is 0.792. The molecule has 0 unspecified atom stereocenters. The van der Waals surface area contributed by atoms with Crippen LogP contribution in [0.3, 0.4) is 0 Å². The summed E-state index contributed by atoms with van der Waals surface area (Å²) in [5, 5.41) is 0. The van der Waals surface area contributed by atoms with E-state index in [1.807, 2.05) is 27.7 Å². The summed E-state index contributed by atoms with van der Waals surface area (Å²) in [6, 6.07) is 8.07.